The topological polar surface area (TPSA) is 0 Å². The summed E-state index contributed by atoms with van der Waals surface area (Å²) >= 11 is 2.19. The molecule has 1 fully saturated rings. The Morgan fingerprint density at radius 1 is 0.900 bits per heavy atom. The van der Waals surface area contributed by atoms with Gasteiger partial charge in [-0.3, -0.25) is 0 Å². The lowest BCUT2D eigenvalue weighted by atomic mass is 9.60. The molecule has 0 heterocycles. The van der Waals surface area contributed by atoms with Gasteiger partial charge in [0, 0.05) is 5.92 Å². The highest BCUT2D eigenvalue weighted by molar-refractivity contribution is 8.06. The van der Waals surface area contributed by atoms with E-state index < -0.39 is 0 Å². The fraction of sp³-hybridized carbons (Fsp3) is 0.579. The molecule has 0 N–H and O–H groups in total. The summed E-state index contributed by atoms with van der Waals surface area (Å²) in [7, 11) is 0. The number of allylic oxidation sites excluding steroid dienone is 8. The Balaban J connectivity index is 1.27. The van der Waals surface area contributed by atoms with Crippen molar-refractivity contribution in [1.82, 2.24) is 0 Å². The smallest absolute Gasteiger partial charge is 0.0180 e. The Morgan fingerprint density at radius 2 is 1.75 bits per heavy atom. The van der Waals surface area contributed by atoms with Gasteiger partial charge in [0.1, 0.15) is 0 Å². The fourth-order valence-electron chi connectivity index (χ4n) is 5.97. The molecule has 0 aliphatic heterocycles. The van der Waals surface area contributed by atoms with Crippen molar-refractivity contribution in [1.29, 1.82) is 0 Å². The zero-order chi connectivity index (χ0) is 12.8. The van der Waals surface area contributed by atoms with Crippen LogP contribution in [0.25, 0.3) is 0 Å². The summed E-state index contributed by atoms with van der Waals surface area (Å²) in [5, 5.41) is 0. The molecule has 2 bridgehead atoms. The summed E-state index contributed by atoms with van der Waals surface area (Å²) < 4.78 is 0. The van der Waals surface area contributed by atoms with E-state index in [0.29, 0.717) is 0 Å². The van der Waals surface area contributed by atoms with Crippen LogP contribution in [0.3, 0.4) is 0 Å². The molecule has 0 amide bonds. The molecule has 6 rings (SSSR count). The second-order valence-corrected chi connectivity index (χ2v) is 8.71. The van der Waals surface area contributed by atoms with E-state index in [1.54, 1.807) is 9.81 Å². The van der Waals surface area contributed by atoms with Gasteiger partial charge in [-0.1, -0.05) is 47.2 Å². The van der Waals surface area contributed by atoms with Gasteiger partial charge in [-0.05, 0) is 71.5 Å². The van der Waals surface area contributed by atoms with Crippen LogP contribution >= 0.6 is 11.8 Å². The van der Waals surface area contributed by atoms with Crippen LogP contribution in [0.5, 0.6) is 0 Å². The Bertz CT molecular complexity index is 632. The summed E-state index contributed by atoms with van der Waals surface area (Å²) in [4.78, 5) is 3.47. The van der Waals surface area contributed by atoms with Crippen molar-refractivity contribution in [3.63, 3.8) is 0 Å². The second-order valence-electron chi connectivity index (χ2n) is 7.56. The third-order valence-corrected chi connectivity index (χ3v) is 8.29. The molecule has 1 heteroatoms. The van der Waals surface area contributed by atoms with Crippen molar-refractivity contribution >= 4 is 11.8 Å². The third kappa shape index (κ3) is 1.15. The van der Waals surface area contributed by atoms with E-state index in [1.165, 1.54) is 32.1 Å². The number of hydrogen-bond donors (Lipinski definition) is 0. The quantitative estimate of drug-likeness (QED) is 0.636. The van der Waals surface area contributed by atoms with Crippen LogP contribution in [0.15, 0.2) is 45.3 Å². The van der Waals surface area contributed by atoms with Gasteiger partial charge in [-0.25, -0.2) is 0 Å². The van der Waals surface area contributed by atoms with Crippen molar-refractivity contribution < 1.29 is 0 Å². The molecular weight excluding hydrogens is 260 g/mol. The van der Waals surface area contributed by atoms with E-state index in [9.17, 15) is 0 Å². The molecular formula is C19H20S. The van der Waals surface area contributed by atoms with Crippen molar-refractivity contribution in [2.45, 2.75) is 32.1 Å². The van der Waals surface area contributed by atoms with E-state index in [1.807, 2.05) is 11.1 Å². The first-order chi connectivity index (χ1) is 9.90. The van der Waals surface area contributed by atoms with Crippen LogP contribution < -0.4 is 0 Å². The maximum atomic E-state index is 2.59. The monoisotopic (exact) mass is 280 g/mol. The van der Waals surface area contributed by atoms with Crippen molar-refractivity contribution in [2.75, 3.05) is 0 Å². The Hall–Kier alpha value is -0.690. The van der Waals surface area contributed by atoms with Gasteiger partial charge in [0.25, 0.3) is 0 Å². The minimum absolute atomic E-state index is 0.873. The maximum absolute atomic E-state index is 2.59. The van der Waals surface area contributed by atoms with E-state index >= 15 is 0 Å². The van der Waals surface area contributed by atoms with Gasteiger partial charge in [0.15, 0.2) is 0 Å². The zero-order valence-corrected chi connectivity index (χ0v) is 12.5. The highest BCUT2D eigenvalue weighted by atomic mass is 32.2. The molecule has 6 unspecified atom stereocenters. The number of thioether (sulfide) groups is 1. The van der Waals surface area contributed by atoms with Crippen molar-refractivity contribution in [2.24, 2.45) is 35.5 Å². The van der Waals surface area contributed by atoms with Crippen molar-refractivity contribution in [3.8, 4) is 0 Å². The van der Waals surface area contributed by atoms with Crippen LogP contribution in [0.1, 0.15) is 32.1 Å². The van der Waals surface area contributed by atoms with Crippen molar-refractivity contribution in [3.05, 3.63) is 45.3 Å². The molecule has 20 heavy (non-hydrogen) atoms. The SMILES string of the molecule is C1=CC2CC1C1CC=C(SC3=CCC4C5=C(CC5)C34)C21. The van der Waals surface area contributed by atoms with Crippen LogP contribution in [0.4, 0.5) is 0 Å². The first kappa shape index (κ1) is 11.0. The fourth-order valence-corrected chi connectivity index (χ4v) is 7.52. The Morgan fingerprint density at radius 3 is 2.65 bits per heavy atom. The standard InChI is InChI=1S/C19H20S/c1-2-11-9-10(1)12-5-7-16(18(11)12)20-17-8-6-15-13-3-4-14(13)19(15)17/h1-2,7-8,10-12,15,18-19H,3-6,9H2. The van der Waals surface area contributed by atoms with Gasteiger partial charge in [0.2, 0.25) is 0 Å². The molecule has 0 aromatic heterocycles. The second kappa shape index (κ2) is 3.55. The molecule has 0 aromatic carbocycles. The lowest BCUT2D eigenvalue weighted by Gasteiger charge is -2.46. The normalized spacial score (nSPS) is 49.4. The van der Waals surface area contributed by atoms with E-state index in [2.05, 4.69) is 36.1 Å². The predicted octanol–water partition coefficient (Wildman–Crippen LogP) is 5.07. The highest BCUT2D eigenvalue weighted by Crippen LogP contribution is 2.65. The lowest BCUT2D eigenvalue weighted by Crippen LogP contribution is -2.34. The lowest BCUT2D eigenvalue weighted by molar-refractivity contribution is 0.372. The van der Waals surface area contributed by atoms with Gasteiger partial charge in [-0.15, -0.1) is 0 Å². The molecule has 6 aliphatic carbocycles. The average molecular weight is 280 g/mol. The van der Waals surface area contributed by atoms with Crippen LogP contribution in [-0.2, 0) is 0 Å². The van der Waals surface area contributed by atoms with Gasteiger partial charge in [0.05, 0.1) is 0 Å². The minimum Gasteiger partial charge on any atom is -0.0987 e. The van der Waals surface area contributed by atoms with E-state index in [-0.39, 0.29) is 0 Å². The van der Waals surface area contributed by atoms with Gasteiger partial charge >= 0.3 is 0 Å². The molecule has 0 aromatic rings. The molecule has 6 aliphatic rings. The number of fused-ring (bicyclic) bond motifs is 8. The minimum atomic E-state index is 0.873. The number of rotatable bonds is 2. The highest BCUT2D eigenvalue weighted by Gasteiger charge is 2.51. The summed E-state index contributed by atoms with van der Waals surface area (Å²) in [6, 6.07) is 0. The van der Waals surface area contributed by atoms with Gasteiger partial charge in [-0.2, -0.15) is 0 Å². The van der Waals surface area contributed by atoms with Crippen LogP contribution in [0, 0.1) is 35.5 Å². The summed E-state index contributed by atoms with van der Waals surface area (Å²) in [5.41, 5.74) is 3.69. The molecule has 0 nitrogen and oxygen atoms in total. The van der Waals surface area contributed by atoms with E-state index in [0.717, 1.165) is 35.5 Å². The van der Waals surface area contributed by atoms with Crippen LogP contribution in [-0.4, -0.2) is 0 Å². The maximum Gasteiger partial charge on any atom is 0.0180 e. The van der Waals surface area contributed by atoms with Crippen LogP contribution in [0.2, 0.25) is 0 Å². The molecule has 102 valence electrons. The largest absolute Gasteiger partial charge is 0.0987 e. The Kier molecular flexibility index (Phi) is 1.94. The third-order valence-electron chi connectivity index (χ3n) is 6.96. The Labute approximate surface area is 125 Å². The summed E-state index contributed by atoms with van der Waals surface area (Å²) in [6.07, 6.45) is 17.2. The molecule has 0 radical (unpaired) electrons. The summed E-state index contributed by atoms with van der Waals surface area (Å²) in [5.74, 6) is 5.46. The van der Waals surface area contributed by atoms with Gasteiger partial charge < -0.3 is 0 Å². The molecule has 1 saturated carbocycles. The first-order valence-electron chi connectivity index (χ1n) is 8.38. The molecule has 0 saturated heterocycles. The average Bonchev–Trinajstić information content (AvgIpc) is 3.13. The molecule has 6 atom stereocenters. The number of hydrogen-bond acceptors (Lipinski definition) is 1. The first-order valence-corrected chi connectivity index (χ1v) is 9.20. The molecule has 0 spiro atoms. The zero-order valence-electron chi connectivity index (χ0n) is 11.7. The predicted molar refractivity (Wildman–Crippen MR) is 83.9 cm³/mol. The summed E-state index contributed by atoms with van der Waals surface area (Å²) in [6.45, 7) is 0. The van der Waals surface area contributed by atoms with E-state index in [4.69, 9.17) is 0 Å².